The number of hydrogen-bond donors (Lipinski definition) is 0. The average Bonchev–Trinajstić information content (AvgIpc) is 2.86. The Hall–Kier alpha value is -1.33. The van der Waals surface area contributed by atoms with Crippen LogP contribution in [0.4, 0.5) is 0 Å². The van der Waals surface area contributed by atoms with Crippen molar-refractivity contribution in [2.75, 3.05) is 14.1 Å². The summed E-state index contributed by atoms with van der Waals surface area (Å²) in [6.45, 7) is 2.07. The Bertz CT molecular complexity index is 504. The molecule has 0 aliphatic carbocycles. The lowest BCUT2D eigenvalue weighted by molar-refractivity contribution is 0.307. The topological polar surface area (TPSA) is 47.1 Å². The molecule has 17 heavy (non-hydrogen) atoms. The summed E-state index contributed by atoms with van der Waals surface area (Å²) in [6.07, 6.45) is 3.09. The van der Waals surface area contributed by atoms with Crippen LogP contribution in [0.1, 0.15) is 18.7 Å². The number of hydrogen-bond acceptors (Lipinski definition) is 4. The van der Waals surface area contributed by atoms with E-state index in [9.17, 15) is 0 Å². The van der Waals surface area contributed by atoms with Crippen molar-refractivity contribution in [1.29, 1.82) is 0 Å². The first-order valence-corrected chi connectivity index (χ1v) is 5.68. The second-order valence-electron chi connectivity index (χ2n) is 4.15. The van der Waals surface area contributed by atoms with E-state index in [-0.39, 0.29) is 6.04 Å². The Labute approximate surface area is 105 Å². The molecule has 0 aliphatic heterocycles. The summed E-state index contributed by atoms with van der Waals surface area (Å²) >= 11 is 6.35. The van der Waals surface area contributed by atoms with Gasteiger partial charge in [0, 0.05) is 13.1 Å². The van der Waals surface area contributed by atoms with Gasteiger partial charge in [-0.15, -0.1) is 0 Å². The molecule has 5 nitrogen and oxygen atoms in total. The van der Waals surface area contributed by atoms with Crippen LogP contribution in [0.15, 0.2) is 16.9 Å². The molecule has 0 radical (unpaired) electrons. The molecule has 2 aromatic heterocycles. The minimum atomic E-state index is 0.170. The first kappa shape index (κ1) is 12.1. The maximum absolute atomic E-state index is 6.35. The fourth-order valence-electron chi connectivity index (χ4n) is 1.69. The molecule has 2 heterocycles. The summed E-state index contributed by atoms with van der Waals surface area (Å²) in [5.74, 6) is 0.447. The van der Waals surface area contributed by atoms with Crippen LogP contribution < -0.4 is 0 Å². The SMILES string of the molecule is CC(c1c(Cl)c(-c2ncco2)nn1C)N(C)C. The van der Waals surface area contributed by atoms with Gasteiger partial charge in [-0.05, 0) is 21.0 Å². The van der Waals surface area contributed by atoms with Gasteiger partial charge < -0.3 is 9.32 Å². The van der Waals surface area contributed by atoms with Crippen molar-refractivity contribution in [1.82, 2.24) is 19.7 Å². The zero-order valence-electron chi connectivity index (χ0n) is 10.3. The van der Waals surface area contributed by atoms with E-state index >= 15 is 0 Å². The summed E-state index contributed by atoms with van der Waals surface area (Å²) < 4.78 is 6.99. The maximum atomic E-state index is 6.35. The van der Waals surface area contributed by atoms with Crippen LogP contribution in [0.5, 0.6) is 0 Å². The Morgan fingerprint density at radius 3 is 2.71 bits per heavy atom. The van der Waals surface area contributed by atoms with Gasteiger partial charge in [-0.3, -0.25) is 4.68 Å². The largest absolute Gasteiger partial charge is 0.443 e. The van der Waals surface area contributed by atoms with Crippen LogP contribution in [0.3, 0.4) is 0 Å². The molecule has 6 heteroatoms. The molecule has 2 rings (SSSR count). The monoisotopic (exact) mass is 254 g/mol. The summed E-state index contributed by atoms with van der Waals surface area (Å²) in [4.78, 5) is 6.14. The first-order chi connectivity index (χ1) is 8.02. The second kappa shape index (κ2) is 4.50. The van der Waals surface area contributed by atoms with E-state index in [1.807, 2.05) is 21.1 Å². The maximum Gasteiger partial charge on any atom is 0.248 e. The minimum Gasteiger partial charge on any atom is -0.443 e. The lowest BCUT2D eigenvalue weighted by atomic mass is 10.2. The van der Waals surface area contributed by atoms with Crippen LogP contribution in [0.2, 0.25) is 5.02 Å². The predicted molar refractivity (Wildman–Crippen MR) is 65.8 cm³/mol. The predicted octanol–water partition coefficient (Wildman–Crippen LogP) is 2.35. The molecule has 1 atom stereocenters. The zero-order valence-corrected chi connectivity index (χ0v) is 11.1. The lowest BCUT2D eigenvalue weighted by Crippen LogP contribution is -2.19. The van der Waals surface area contributed by atoms with E-state index in [2.05, 4.69) is 21.9 Å². The molecule has 2 aromatic rings. The summed E-state index contributed by atoms with van der Waals surface area (Å²) in [5, 5.41) is 4.95. The Kier molecular flexibility index (Phi) is 3.22. The third-order valence-corrected chi connectivity index (χ3v) is 3.21. The van der Waals surface area contributed by atoms with E-state index in [4.69, 9.17) is 16.0 Å². The number of rotatable bonds is 3. The fraction of sp³-hybridized carbons (Fsp3) is 0.455. The van der Waals surface area contributed by atoms with Crippen LogP contribution in [0.25, 0.3) is 11.6 Å². The smallest absolute Gasteiger partial charge is 0.248 e. The molecule has 0 saturated carbocycles. The standard InChI is InChI=1S/C11H15ClN4O/c1-7(15(2)3)10-8(12)9(14-16(10)4)11-13-5-6-17-11/h5-7H,1-4H3. The molecular formula is C11H15ClN4O. The van der Waals surface area contributed by atoms with Crippen molar-refractivity contribution in [3.8, 4) is 11.6 Å². The van der Waals surface area contributed by atoms with Crippen LogP contribution in [-0.2, 0) is 7.05 Å². The van der Waals surface area contributed by atoms with Gasteiger partial charge in [0.25, 0.3) is 0 Å². The van der Waals surface area contributed by atoms with Crippen molar-refractivity contribution in [3.63, 3.8) is 0 Å². The molecule has 0 saturated heterocycles. The first-order valence-electron chi connectivity index (χ1n) is 5.31. The molecule has 0 aliphatic rings. The van der Waals surface area contributed by atoms with E-state index in [1.54, 1.807) is 10.9 Å². The molecular weight excluding hydrogens is 240 g/mol. The highest BCUT2D eigenvalue weighted by Crippen LogP contribution is 2.33. The minimum absolute atomic E-state index is 0.170. The van der Waals surface area contributed by atoms with Crippen molar-refractivity contribution < 1.29 is 4.42 Å². The van der Waals surface area contributed by atoms with E-state index in [0.717, 1.165) is 5.69 Å². The van der Waals surface area contributed by atoms with Crippen molar-refractivity contribution >= 4 is 11.6 Å². The Morgan fingerprint density at radius 2 is 2.18 bits per heavy atom. The van der Waals surface area contributed by atoms with Crippen molar-refractivity contribution in [3.05, 3.63) is 23.2 Å². The van der Waals surface area contributed by atoms with Crippen LogP contribution in [0, 0.1) is 0 Å². The highest BCUT2D eigenvalue weighted by atomic mass is 35.5. The normalized spacial score (nSPS) is 13.3. The number of aromatic nitrogens is 3. The molecule has 0 fully saturated rings. The van der Waals surface area contributed by atoms with Gasteiger partial charge in [0.1, 0.15) is 6.26 Å². The van der Waals surface area contributed by atoms with Gasteiger partial charge in [0.15, 0.2) is 5.69 Å². The Morgan fingerprint density at radius 1 is 1.47 bits per heavy atom. The highest BCUT2D eigenvalue weighted by molar-refractivity contribution is 6.33. The van der Waals surface area contributed by atoms with E-state index in [1.165, 1.54) is 6.26 Å². The third kappa shape index (κ3) is 2.08. The number of aryl methyl sites for hydroxylation is 1. The molecule has 0 spiro atoms. The lowest BCUT2D eigenvalue weighted by Gasteiger charge is -2.20. The van der Waals surface area contributed by atoms with Gasteiger partial charge in [-0.2, -0.15) is 5.10 Å². The zero-order chi connectivity index (χ0) is 12.6. The molecule has 92 valence electrons. The molecule has 0 bridgehead atoms. The van der Waals surface area contributed by atoms with Gasteiger partial charge in [-0.1, -0.05) is 11.6 Å². The number of oxazole rings is 1. The Balaban J connectivity index is 2.50. The molecule has 0 N–H and O–H groups in total. The quantitative estimate of drug-likeness (QED) is 0.844. The van der Waals surface area contributed by atoms with Gasteiger partial charge in [0.2, 0.25) is 5.89 Å². The van der Waals surface area contributed by atoms with Crippen LogP contribution in [-0.4, -0.2) is 33.8 Å². The van der Waals surface area contributed by atoms with Gasteiger partial charge in [-0.25, -0.2) is 4.98 Å². The van der Waals surface area contributed by atoms with Crippen molar-refractivity contribution in [2.24, 2.45) is 7.05 Å². The fourth-order valence-corrected chi connectivity index (χ4v) is 2.09. The van der Waals surface area contributed by atoms with Gasteiger partial charge in [0.05, 0.1) is 16.9 Å². The van der Waals surface area contributed by atoms with E-state index < -0.39 is 0 Å². The van der Waals surface area contributed by atoms with Crippen LogP contribution >= 0.6 is 11.6 Å². The number of nitrogens with zero attached hydrogens (tertiary/aromatic N) is 4. The van der Waals surface area contributed by atoms with E-state index in [0.29, 0.717) is 16.6 Å². The number of halogens is 1. The average molecular weight is 255 g/mol. The second-order valence-corrected chi connectivity index (χ2v) is 4.53. The summed E-state index contributed by atoms with van der Waals surface area (Å²) in [5.41, 5.74) is 1.53. The molecule has 0 aromatic carbocycles. The summed E-state index contributed by atoms with van der Waals surface area (Å²) in [6, 6.07) is 0.170. The van der Waals surface area contributed by atoms with Gasteiger partial charge >= 0.3 is 0 Å². The summed E-state index contributed by atoms with van der Waals surface area (Å²) in [7, 11) is 5.87. The highest BCUT2D eigenvalue weighted by Gasteiger charge is 2.23. The van der Waals surface area contributed by atoms with Crippen molar-refractivity contribution in [2.45, 2.75) is 13.0 Å². The molecule has 0 amide bonds. The third-order valence-electron chi connectivity index (χ3n) is 2.84. The molecule has 1 unspecified atom stereocenters.